The lowest BCUT2D eigenvalue weighted by atomic mass is 10.0. The quantitative estimate of drug-likeness (QED) is 0.0786. The molecule has 0 aromatic carbocycles. The van der Waals surface area contributed by atoms with Gasteiger partial charge in [0.05, 0.1) is 6.10 Å². The van der Waals surface area contributed by atoms with Crippen LogP contribution in [0.5, 0.6) is 0 Å². The van der Waals surface area contributed by atoms with Gasteiger partial charge in [0.15, 0.2) is 0 Å². The zero-order valence-corrected chi connectivity index (χ0v) is 23.5. The van der Waals surface area contributed by atoms with E-state index in [1.54, 1.807) is 0 Å². The van der Waals surface area contributed by atoms with Crippen LogP contribution in [0.4, 0.5) is 0 Å². The van der Waals surface area contributed by atoms with Gasteiger partial charge in [-0.2, -0.15) is 0 Å². The van der Waals surface area contributed by atoms with Crippen molar-refractivity contribution >= 4 is 5.97 Å². The first-order valence-electron chi connectivity index (χ1n) is 15.0. The fourth-order valence-electron chi connectivity index (χ4n) is 4.04. The molecule has 1 N–H and O–H groups in total. The molecule has 0 saturated carbocycles. The Bertz CT molecular complexity index is 535. The molecular weight excluding hydrogens is 432 g/mol. The first-order chi connectivity index (χ1) is 17.2. The zero-order chi connectivity index (χ0) is 25.8. The molecule has 0 saturated heterocycles. The van der Waals surface area contributed by atoms with Crippen LogP contribution in [0.1, 0.15) is 149 Å². The number of hydrogen-bond acceptors (Lipinski definition) is 3. The Labute approximate surface area is 218 Å². The summed E-state index contributed by atoms with van der Waals surface area (Å²) in [6.07, 6.45) is 33.3. The number of hydrogen-bond donors (Lipinski definition) is 1. The van der Waals surface area contributed by atoms with E-state index in [2.05, 4.69) is 57.2 Å². The second-order valence-electron chi connectivity index (χ2n) is 9.90. The average Bonchev–Trinajstić information content (AvgIpc) is 2.85. The molecule has 0 aromatic heterocycles. The fraction of sp³-hybridized carbons (Fsp3) is 0.781. The summed E-state index contributed by atoms with van der Waals surface area (Å²) < 4.78 is 5.79. The molecule has 2 unspecified atom stereocenters. The third-order valence-corrected chi connectivity index (χ3v) is 6.37. The summed E-state index contributed by atoms with van der Waals surface area (Å²) in [5.41, 5.74) is 0. The number of esters is 1. The number of ether oxygens (including phenoxy) is 1. The summed E-state index contributed by atoms with van der Waals surface area (Å²) in [7, 11) is 0. The molecule has 0 bridgehead atoms. The molecule has 2 atom stereocenters. The van der Waals surface area contributed by atoms with Gasteiger partial charge in [-0.05, 0) is 83.5 Å². The molecule has 0 rings (SSSR count). The van der Waals surface area contributed by atoms with Crippen LogP contribution in [-0.2, 0) is 9.53 Å². The number of rotatable bonds is 25. The predicted molar refractivity (Wildman–Crippen MR) is 153 cm³/mol. The number of unbranched alkanes of at least 4 members (excludes halogenated alkanes) is 11. The van der Waals surface area contributed by atoms with Crippen LogP contribution in [0.25, 0.3) is 0 Å². The van der Waals surface area contributed by atoms with E-state index in [-0.39, 0.29) is 12.1 Å². The molecular formula is C32H58O3. The van der Waals surface area contributed by atoms with E-state index in [1.807, 2.05) is 0 Å². The standard InChI is InChI=1S/C32H58O3/c1-4-7-10-13-16-19-22-25-28-31(30(33)27-24-21-18-15-12-9-6-3)35-32(34)29-26-23-20-17-14-11-8-5-2/h15-20,30-31,33H,4-14,21-29H2,1-3H3/b18-15-,19-16-,20-17-. The van der Waals surface area contributed by atoms with Crippen LogP contribution < -0.4 is 0 Å². The second-order valence-corrected chi connectivity index (χ2v) is 9.90. The summed E-state index contributed by atoms with van der Waals surface area (Å²) in [4.78, 5) is 12.5. The van der Waals surface area contributed by atoms with E-state index in [1.165, 1.54) is 51.4 Å². The van der Waals surface area contributed by atoms with Gasteiger partial charge in [0.1, 0.15) is 6.10 Å². The van der Waals surface area contributed by atoms with Crippen molar-refractivity contribution in [3.8, 4) is 0 Å². The van der Waals surface area contributed by atoms with Crippen molar-refractivity contribution in [1.82, 2.24) is 0 Å². The summed E-state index contributed by atoms with van der Waals surface area (Å²) >= 11 is 0. The van der Waals surface area contributed by atoms with E-state index in [4.69, 9.17) is 4.74 Å². The van der Waals surface area contributed by atoms with Crippen molar-refractivity contribution in [3.63, 3.8) is 0 Å². The van der Waals surface area contributed by atoms with Gasteiger partial charge in [0.25, 0.3) is 0 Å². The van der Waals surface area contributed by atoms with Gasteiger partial charge in [-0.3, -0.25) is 4.79 Å². The number of aliphatic hydroxyl groups excluding tert-OH is 1. The highest BCUT2D eigenvalue weighted by Gasteiger charge is 2.22. The molecule has 0 aliphatic rings. The Morgan fingerprint density at radius 2 is 1.03 bits per heavy atom. The molecule has 204 valence electrons. The van der Waals surface area contributed by atoms with E-state index < -0.39 is 6.10 Å². The number of aliphatic hydroxyl groups is 1. The van der Waals surface area contributed by atoms with Crippen LogP contribution in [-0.4, -0.2) is 23.3 Å². The van der Waals surface area contributed by atoms with Crippen molar-refractivity contribution in [2.24, 2.45) is 0 Å². The number of allylic oxidation sites excluding steroid dienone is 6. The number of carbonyl (C=O) groups is 1. The highest BCUT2D eigenvalue weighted by molar-refractivity contribution is 5.69. The Morgan fingerprint density at radius 1 is 0.600 bits per heavy atom. The lowest BCUT2D eigenvalue weighted by Gasteiger charge is -2.23. The van der Waals surface area contributed by atoms with Crippen LogP contribution in [0.2, 0.25) is 0 Å². The first-order valence-corrected chi connectivity index (χ1v) is 15.0. The highest BCUT2D eigenvalue weighted by atomic mass is 16.6. The maximum Gasteiger partial charge on any atom is 0.306 e. The minimum atomic E-state index is -0.574. The summed E-state index contributed by atoms with van der Waals surface area (Å²) in [6.45, 7) is 6.65. The molecule has 0 heterocycles. The van der Waals surface area contributed by atoms with E-state index in [0.29, 0.717) is 12.8 Å². The molecule has 0 aliphatic heterocycles. The van der Waals surface area contributed by atoms with Gasteiger partial charge in [0.2, 0.25) is 0 Å². The van der Waals surface area contributed by atoms with Crippen molar-refractivity contribution in [2.45, 2.75) is 161 Å². The molecule has 0 aromatic rings. The van der Waals surface area contributed by atoms with Crippen molar-refractivity contribution in [3.05, 3.63) is 36.5 Å². The predicted octanol–water partition coefficient (Wildman–Crippen LogP) is 9.79. The normalized spacial score (nSPS) is 13.8. The van der Waals surface area contributed by atoms with Gasteiger partial charge >= 0.3 is 5.97 Å². The van der Waals surface area contributed by atoms with Crippen molar-refractivity contribution in [2.75, 3.05) is 0 Å². The van der Waals surface area contributed by atoms with Crippen LogP contribution in [0.3, 0.4) is 0 Å². The fourth-order valence-corrected chi connectivity index (χ4v) is 4.04. The lowest BCUT2D eigenvalue weighted by Crippen LogP contribution is -2.31. The molecule has 0 aliphatic carbocycles. The highest BCUT2D eigenvalue weighted by Crippen LogP contribution is 2.17. The van der Waals surface area contributed by atoms with Crippen LogP contribution in [0, 0.1) is 0 Å². The Morgan fingerprint density at radius 3 is 1.54 bits per heavy atom. The molecule has 0 radical (unpaired) electrons. The maximum atomic E-state index is 12.5. The Hall–Kier alpha value is -1.35. The average molecular weight is 491 g/mol. The maximum absolute atomic E-state index is 12.5. The summed E-state index contributed by atoms with van der Waals surface area (Å²) in [6, 6.07) is 0. The molecule has 35 heavy (non-hydrogen) atoms. The molecule has 0 fully saturated rings. The van der Waals surface area contributed by atoms with Crippen LogP contribution in [0.15, 0.2) is 36.5 Å². The first kappa shape index (κ1) is 33.7. The minimum Gasteiger partial charge on any atom is -0.460 e. The molecule has 0 amide bonds. The van der Waals surface area contributed by atoms with Gasteiger partial charge in [-0.1, -0.05) is 95.8 Å². The largest absolute Gasteiger partial charge is 0.460 e. The second kappa shape index (κ2) is 27.2. The van der Waals surface area contributed by atoms with Gasteiger partial charge in [-0.25, -0.2) is 0 Å². The van der Waals surface area contributed by atoms with E-state index in [0.717, 1.165) is 64.2 Å². The third-order valence-electron chi connectivity index (χ3n) is 6.37. The SMILES string of the molecule is CCCC/C=C\CCCC(O)C(CCC/C=C\CCCCC)OC(=O)CCC/C=C\CCCCC. The zero-order valence-electron chi connectivity index (χ0n) is 23.5. The van der Waals surface area contributed by atoms with Crippen molar-refractivity contribution in [1.29, 1.82) is 0 Å². The topological polar surface area (TPSA) is 46.5 Å². The molecule has 3 nitrogen and oxygen atoms in total. The lowest BCUT2D eigenvalue weighted by molar-refractivity contribution is -0.156. The molecule has 0 spiro atoms. The van der Waals surface area contributed by atoms with E-state index >= 15 is 0 Å². The Kier molecular flexibility index (Phi) is 26.2. The van der Waals surface area contributed by atoms with E-state index in [9.17, 15) is 9.90 Å². The summed E-state index contributed by atoms with van der Waals surface area (Å²) in [5.74, 6) is -0.164. The van der Waals surface area contributed by atoms with Crippen molar-refractivity contribution < 1.29 is 14.6 Å². The summed E-state index contributed by atoms with van der Waals surface area (Å²) in [5, 5.41) is 10.8. The van der Waals surface area contributed by atoms with Crippen LogP contribution >= 0.6 is 0 Å². The van der Waals surface area contributed by atoms with Gasteiger partial charge in [0, 0.05) is 6.42 Å². The monoisotopic (exact) mass is 490 g/mol. The third kappa shape index (κ3) is 24.1. The van der Waals surface area contributed by atoms with Gasteiger partial charge in [-0.15, -0.1) is 0 Å². The smallest absolute Gasteiger partial charge is 0.306 e. The van der Waals surface area contributed by atoms with Gasteiger partial charge < -0.3 is 9.84 Å². The molecule has 3 heteroatoms. The minimum absolute atomic E-state index is 0.164. The Balaban J connectivity index is 4.41. The number of carbonyl (C=O) groups excluding carboxylic acids is 1.